The molecule has 144 valence electrons. The molecule has 1 unspecified atom stereocenters. The molecule has 1 heterocycles. The molecule has 27 heavy (non-hydrogen) atoms. The van der Waals surface area contributed by atoms with Gasteiger partial charge in [0.05, 0.1) is 24.7 Å². The van der Waals surface area contributed by atoms with Gasteiger partial charge in [-0.05, 0) is 39.2 Å². The van der Waals surface area contributed by atoms with Gasteiger partial charge in [-0.3, -0.25) is 4.79 Å². The summed E-state index contributed by atoms with van der Waals surface area (Å²) >= 11 is 0. The zero-order valence-electron chi connectivity index (χ0n) is 16.3. The van der Waals surface area contributed by atoms with Gasteiger partial charge < -0.3 is 14.8 Å². The number of hydrogen-bond acceptors (Lipinski definition) is 5. The zero-order valence-corrected chi connectivity index (χ0v) is 16.3. The lowest BCUT2D eigenvalue weighted by molar-refractivity contribution is -0.138. The lowest BCUT2D eigenvalue weighted by atomic mass is 9.74. The van der Waals surface area contributed by atoms with Crippen LogP contribution in [0, 0.1) is 0 Å². The van der Waals surface area contributed by atoms with Gasteiger partial charge >= 0.3 is 5.97 Å². The topological polar surface area (TPSA) is 64.6 Å². The molecule has 5 heteroatoms. The standard InChI is InChI=1S/C22H27NO4/c1-4-15-21(22(25)27-6-3)19(14-10-7-8-13-18(14)26-5-2)20-16(23-15)11-9-12-17(20)24/h7-8,10,13,19,23H,4-6,9,11-12H2,1-3H3. The van der Waals surface area contributed by atoms with Crippen LogP contribution in [0.2, 0.25) is 0 Å². The summed E-state index contributed by atoms with van der Waals surface area (Å²) < 4.78 is 11.2. The molecule has 0 saturated heterocycles. The second-order valence-electron chi connectivity index (χ2n) is 6.66. The van der Waals surface area contributed by atoms with Gasteiger partial charge in [0, 0.05) is 29.0 Å². The van der Waals surface area contributed by atoms with Gasteiger partial charge in [0.25, 0.3) is 0 Å². The van der Waals surface area contributed by atoms with E-state index in [9.17, 15) is 9.59 Å². The Labute approximate surface area is 160 Å². The molecule has 0 fully saturated rings. The summed E-state index contributed by atoms with van der Waals surface area (Å²) in [4.78, 5) is 25.8. The lowest BCUT2D eigenvalue weighted by Gasteiger charge is -2.35. The van der Waals surface area contributed by atoms with Crippen LogP contribution in [0.5, 0.6) is 5.75 Å². The van der Waals surface area contributed by atoms with E-state index in [4.69, 9.17) is 9.47 Å². The third-order valence-corrected chi connectivity index (χ3v) is 5.04. The summed E-state index contributed by atoms with van der Waals surface area (Å²) in [6.45, 7) is 6.53. The van der Waals surface area contributed by atoms with E-state index in [1.54, 1.807) is 6.92 Å². The smallest absolute Gasteiger partial charge is 0.336 e. The van der Waals surface area contributed by atoms with Gasteiger partial charge in [-0.15, -0.1) is 0 Å². The van der Waals surface area contributed by atoms with Crippen molar-refractivity contribution >= 4 is 11.8 Å². The van der Waals surface area contributed by atoms with Crippen LogP contribution in [-0.4, -0.2) is 25.0 Å². The first-order valence-corrected chi connectivity index (χ1v) is 9.77. The van der Waals surface area contributed by atoms with E-state index in [0.717, 1.165) is 29.8 Å². The molecule has 1 atom stereocenters. The number of ether oxygens (including phenoxy) is 2. The Bertz CT molecular complexity index is 806. The van der Waals surface area contributed by atoms with Crippen molar-refractivity contribution < 1.29 is 19.1 Å². The number of nitrogens with one attached hydrogen (secondary N) is 1. The summed E-state index contributed by atoms with van der Waals surface area (Å²) in [5.41, 5.74) is 3.83. The predicted octanol–water partition coefficient (Wildman–Crippen LogP) is 4.01. The number of allylic oxidation sites excluding steroid dienone is 3. The van der Waals surface area contributed by atoms with Crippen LogP contribution in [0.3, 0.4) is 0 Å². The lowest BCUT2D eigenvalue weighted by Crippen LogP contribution is -2.35. The van der Waals surface area contributed by atoms with E-state index >= 15 is 0 Å². The number of hydrogen-bond donors (Lipinski definition) is 1. The third kappa shape index (κ3) is 3.64. The first-order valence-electron chi connectivity index (χ1n) is 9.77. The highest BCUT2D eigenvalue weighted by molar-refractivity contribution is 6.04. The number of esters is 1. The van der Waals surface area contributed by atoms with Crippen LogP contribution < -0.4 is 10.1 Å². The number of dihydropyridines is 1. The van der Waals surface area contributed by atoms with Crippen molar-refractivity contribution in [2.75, 3.05) is 13.2 Å². The average Bonchev–Trinajstić information content (AvgIpc) is 2.67. The Kier molecular flexibility index (Phi) is 5.99. The third-order valence-electron chi connectivity index (χ3n) is 5.04. The van der Waals surface area contributed by atoms with E-state index in [2.05, 4.69) is 5.32 Å². The van der Waals surface area contributed by atoms with Crippen molar-refractivity contribution in [3.8, 4) is 5.75 Å². The van der Waals surface area contributed by atoms with Crippen LogP contribution in [0.4, 0.5) is 0 Å². The largest absolute Gasteiger partial charge is 0.494 e. The van der Waals surface area contributed by atoms with Crippen molar-refractivity contribution in [2.45, 2.75) is 52.4 Å². The van der Waals surface area contributed by atoms with Crippen molar-refractivity contribution in [3.63, 3.8) is 0 Å². The summed E-state index contributed by atoms with van der Waals surface area (Å²) in [5.74, 6) is -0.0275. The normalized spacial score (nSPS) is 19.5. The quantitative estimate of drug-likeness (QED) is 0.768. The molecule has 0 bridgehead atoms. The summed E-state index contributed by atoms with van der Waals surface area (Å²) in [6.07, 6.45) is 2.81. The monoisotopic (exact) mass is 369 g/mol. The molecule has 1 aromatic rings. The fourth-order valence-corrected chi connectivity index (χ4v) is 3.94. The minimum absolute atomic E-state index is 0.0944. The zero-order chi connectivity index (χ0) is 19.4. The molecule has 5 nitrogen and oxygen atoms in total. The molecular formula is C22H27NO4. The van der Waals surface area contributed by atoms with Crippen molar-refractivity contribution in [1.82, 2.24) is 5.32 Å². The Morgan fingerprint density at radius 1 is 1.15 bits per heavy atom. The number of Topliss-reactive ketones (excluding diaryl/α,β-unsaturated/α-hetero) is 1. The van der Waals surface area contributed by atoms with Gasteiger partial charge in [0.2, 0.25) is 0 Å². The van der Waals surface area contributed by atoms with Gasteiger partial charge in [-0.1, -0.05) is 25.1 Å². The minimum atomic E-state index is -0.453. The van der Waals surface area contributed by atoms with Crippen molar-refractivity contribution in [3.05, 3.63) is 52.4 Å². The van der Waals surface area contributed by atoms with E-state index in [1.165, 1.54) is 0 Å². The van der Waals surface area contributed by atoms with Gasteiger partial charge in [-0.2, -0.15) is 0 Å². The Morgan fingerprint density at radius 3 is 2.63 bits per heavy atom. The van der Waals surface area contributed by atoms with Gasteiger partial charge in [0.15, 0.2) is 5.78 Å². The SMILES string of the molecule is CCOC(=O)C1=C(CC)NC2=C(C(=O)CCC2)C1c1ccccc1OCC. The van der Waals surface area contributed by atoms with E-state index in [-0.39, 0.29) is 11.8 Å². The Hall–Kier alpha value is -2.56. The number of carbonyl (C=O) groups excluding carboxylic acids is 2. The second kappa shape index (κ2) is 8.42. The van der Waals surface area contributed by atoms with Crippen LogP contribution in [-0.2, 0) is 14.3 Å². The molecule has 1 aromatic carbocycles. The molecule has 0 amide bonds. The van der Waals surface area contributed by atoms with Crippen molar-refractivity contribution in [1.29, 1.82) is 0 Å². The highest BCUT2D eigenvalue weighted by atomic mass is 16.5. The number of benzene rings is 1. The molecule has 3 rings (SSSR count). The maximum atomic E-state index is 12.9. The highest BCUT2D eigenvalue weighted by Gasteiger charge is 2.40. The van der Waals surface area contributed by atoms with Crippen LogP contribution in [0.15, 0.2) is 46.8 Å². The summed E-state index contributed by atoms with van der Waals surface area (Å²) in [7, 11) is 0. The number of para-hydroxylation sites is 1. The predicted molar refractivity (Wildman–Crippen MR) is 103 cm³/mol. The molecule has 2 aliphatic rings. The summed E-state index contributed by atoms with van der Waals surface area (Å²) in [6, 6.07) is 7.66. The number of ketones is 1. The Balaban J connectivity index is 2.22. The van der Waals surface area contributed by atoms with Crippen LogP contribution >= 0.6 is 0 Å². The maximum absolute atomic E-state index is 12.9. The highest BCUT2D eigenvalue weighted by Crippen LogP contribution is 2.45. The molecule has 1 aliphatic carbocycles. The first kappa shape index (κ1) is 19.2. The maximum Gasteiger partial charge on any atom is 0.336 e. The van der Waals surface area contributed by atoms with Gasteiger partial charge in [-0.25, -0.2) is 4.79 Å². The average molecular weight is 369 g/mol. The fraction of sp³-hybridized carbons (Fsp3) is 0.455. The molecule has 0 spiro atoms. The minimum Gasteiger partial charge on any atom is -0.494 e. The second-order valence-corrected chi connectivity index (χ2v) is 6.66. The molecule has 0 aromatic heterocycles. The molecule has 0 saturated carbocycles. The fourth-order valence-electron chi connectivity index (χ4n) is 3.94. The summed E-state index contributed by atoms with van der Waals surface area (Å²) in [5, 5.41) is 3.37. The number of carbonyl (C=O) groups is 2. The number of rotatable bonds is 6. The molecule has 0 radical (unpaired) electrons. The van der Waals surface area contributed by atoms with Crippen LogP contribution in [0.25, 0.3) is 0 Å². The van der Waals surface area contributed by atoms with E-state index in [0.29, 0.717) is 43.0 Å². The van der Waals surface area contributed by atoms with Gasteiger partial charge in [0.1, 0.15) is 5.75 Å². The first-order chi connectivity index (χ1) is 13.1. The van der Waals surface area contributed by atoms with Crippen molar-refractivity contribution in [2.24, 2.45) is 0 Å². The Morgan fingerprint density at radius 2 is 1.93 bits per heavy atom. The van der Waals surface area contributed by atoms with E-state index < -0.39 is 5.92 Å². The molecule has 1 N–H and O–H groups in total. The van der Waals surface area contributed by atoms with E-state index in [1.807, 2.05) is 38.1 Å². The van der Waals surface area contributed by atoms with Crippen LogP contribution in [0.1, 0.15) is 57.9 Å². The molecular weight excluding hydrogens is 342 g/mol. The molecule has 1 aliphatic heterocycles.